The molecule has 1 amide bonds. The average Bonchev–Trinajstić information content (AvgIpc) is 3.57. The molecule has 226 valence electrons. The number of fused-ring (bicyclic) bond motifs is 2. The monoisotopic (exact) mass is 665 g/mol. The van der Waals surface area contributed by atoms with Gasteiger partial charge < -0.3 is 19.3 Å². The first-order chi connectivity index (χ1) is 19.1. The number of alkyl halides is 4. The standard InChI is InChI=1S/C27H33BrClF4N5O3/c1-25(2,3)41-24(39)37-9-6-16(13-37)36(4)22-17-10-18(27(31,32)33)19(28)20(29)21(17)34-23(35-22)40-14-26-7-5-8-38(26)12-15(30)11-26/h10,15-16H,5-9,11-14H2,1-4H3/t15-,16-,26+/m1/s1. The van der Waals surface area contributed by atoms with Crippen LogP contribution in [-0.2, 0) is 10.9 Å². The second kappa shape index (κ2) is 10.9. The van der Waals surface area contributed by atoms with Gasteiger partial charge in [0, 0.05) is 44.5 Å². The lowest BCUT2D eigenvalue weighted by Gasteiger charge is -2.31. The van der Waals surface area contributed by atoms with Gasteiger partial charge in [-0.3, -0.25) is 4.90 Å². The molecule has 1 aromatic heterocycles. The number of hydrogen-bond acceptors (Lipinski definition) is 7. The highest BCUT2D eigenvalue weighted by atomic mass is 79.9. The molecule has 14 heteroatoms. The van der Waals surface area contributed by atoms with E-state index in [-0.39, 0.29) is 44.9 Å². The molecule has 0 aliphatic carbocycles. The summed E-state index contributed by atoms with van der Waals surface area (Å²) in [4.78, 5) is 27.0. The minimum atomic E-state index is -4.68. The van der Waals surface area contributed by atoms with Crippen molar-refractivity contribution in [1.29, 1.82) is 0 Å². The lowest BCUT2D eigenvalue weighted by Crippen LogP contribution is -2.43. The van der Waals surface area contributed by atoms with Gasteiger partial charge in [-0.1, -0.05) is 11.6 Å². The molecule has 5 rings (SSSR count). The molecule has 3 aliphatic heterocycles. The Labute approximate surface area is 249 Å². The van der Waals surface area contributed by atoms with Crippen LogP contribution in [0.3, 0.4) is 0 Å². The highest BCUT2D eigenvalue weighted by Gasteiger charge is 2.49. The largest absolute Gasteiger partial charge is 0.461 e. The average molecular weight is 667 g/mol. The second-order valence-electron chi connectivity index (χ2n) is 12.1. The van der Waals surface area contributed by atoms with E-state index in [9.17, 15) is 22.4 Å². The van der Waals surface area contributed by atoms with E-state index in [1.165, 1.54) is 0 Å². The first kappa shape index (κ1) is 30.3. The highest BCUT2D eigenvalue weighted by molar-refractivity contribution is 9.10. The van der Waals surface area contributed by atoms with Crippen molar-refractivity contribution >= 4 is 50.3 Å². The van der Waals surface area contributed by atoms with Gasteiger partial charge in [-0.05, 0) is 68.6 Å². The summed E-state index contributed by atoms with van der Waals surface area (Å²) in [5.41, 5.74) is -1.99. The fourth-order valence-corrected chi connectivity index (χ4v) is 6.85. The lowest BCUT2D eigenvalue weighted by molar-refractivity contribution is -0.138. The maximum absolute atomic E-state index is 14.3. The number of likely N-dealkylation sites (N-methyl/N-ethyl adjacent to an activating group) is 1. The molecule has 41 heavy (non-hydrogen) atoms. The van der Waals surface area contributed by atoms with E-state index in [1.807, 2.05) is 0 Å². The maximum atomic E-state index is 14.3. The van der Waals surface area contributed by atoms with Crippen molar-refractivity contribution in [3.05, 3.63) is 21.1 Å². The number of hydrogen-bond donors (Lipinski definition) is 0. The van der Waals surface area contributed by atoms with Crippen molar-refractivity contribution in [1.82, 2.24) is 19.8 Å². The van der Waals surface area contributed by atoms with Crippen LogP contribution in [0, 0.1) is 0 Å². The highest BCUT2D eigenvalue weighted by Crippen LogP contribution is 2.45. The zero-order valence-electron chi connectivity index (χ0n) is 23.3. The molecule has 0 spiro atoms. The Hall–Kier alpha value is -2.12. The van der Waals surface area contributed by atoms with Crippen LogP contribution in [0.1, 0.15) is 52.0 Å². The van der Waals surface area contributed by atoms with E-state index < -0.39 is 35.1 Å². The van der Waals surface area contributed by atoms with Crippen LogP contribution in [-0.4, -0.2) is 89.0 Å². The zero-order chi connectivity index (χ0) is 29.9. The normalized spacial score (nSPS) is 25.2. The number of nitrogens with zero attached hydrogens (tertiary/aromatic N) is 5. The van der Waals surface area contributed by atoms with E-state index in [1.54, 1.807) is 37.6 Å². The molecule has 0 saturated carbocycles. The molecule has 0 radical (unpaired) electrons. The Morgan fingerprint density at radius 3 is 2.66 bits per heavy atom. The van der Waals surface area contributed by atoms with Crippen LogP contribution in [0.25, 0.3) is 10.9 Å². The molecule has 0 unspecified atom stereocenters. The molecule has 2 aromatic rings. The lowest BCUT2D eigenvalue weighted by atomic mass is 9.95. The van der Waals surface area contributed by atoms with Crippen LogP contribution < -0.4 is 9.64 Å². The van der Waals surface area contributed by atoms with E-state index in [0.29, 0.717) is 32.5 Å². The number of ether oxygens (including phenoxy) is 2. The molecule has 0 N–H and O–H groups in total. The van der Waals surface area contributed by atoms with Crippen molar-refractivity contribution in [3.63, 3.8) is 0 Å². The molecular weight excluding hydrogens is 634 g/mol. The van der Waals surface area contributed by atoms with Gasteiger partial charge in [0.1, 0.15) is 24.2 Å². The number of aromatic nitrogens is 2. The molecule has 3 aliphatic rings. The van der Waals surface area contributed by atoms with Crippen LogP contribution in [0.4, 0.5) is 28.2 Å². The number of rotatable bonds is 5. The number of likely N-dealkylation sites (tertiary alicyclic amines) is 1. The number of anilines is 1. The molecule has 3 atom stereocenters. The fourth-order valence-electron chi connectivity index (χ4n) is 6.08. The second-order valence-corrected chi connectivity index (χ2v) is 13.3. The summed E-state index contributed by atoms with van der Waals surface area (Å²) >= 11 is 9.47. The van der Waals surface area contributed by atoms with Crippen molar-refractivity contribution in [3.8, 4) is 6.01 Å². The van der Waals surface area contributed by atoms with Gasteiger partial charge in [0.15, 0.2) is 0 Å². The summed E-state index contributed by atoms with van der Waals surface area (Å²) in [5.74, 6) is 0.191. The van der Waals surface area contributed by atoms with Crippen molar-refractivity contribution < 1.29 is 31.8 Å². The summed E-state index contributed by atoms with van der Waals surface area (Å²) in [6.07, 6.45) is -3.49. The van der Waals surface area contributed by atoms with Gasteiger partial charge in [-0.15, -0.1) is 0 Å². The van der Waals surface area contributed by atoms with Crippen molar-refractivity contribution in [2.75, 3.05) is 44.7 Å². The first-order valence-electron chi connectivity index (χ1n) is 13.6. The topological polar surface area (TPSA) is 71.0 Å². The minimum Gasteiger partial charge on any atom is -0.461 e. The Morgan fingerprint density at radius 2 is 1.98 bits per heavy atom. The third kappa shape index (κ3) is 6.04. The summed E-state index contributed by atoms with van der Waals surface area (Å²) in [6, 6.07) is 0.651. The van der Waals surface area contributed by atoms with Crippen LogP contribution in [0.5, 0.6) is 6.01 Å². The molecule has 8 nitrogen and oxygen atoms in total. The molecule has 4 heterocycles. The van der Waals surface area contributed by atoms with E-state index in [2.05, 4.69) is 30.8 Å². The predicted octanol–water partition coefficient (Wildman–Crippen LogP) is 6.47. The minimum absolute atomic E-state index is 0.0570. The summed E-state index contributed by atoms with van der Waals surface area (Å²) in [7, 11) is 1.71. The van der Waals surface area contributed by atoms with Crippen LogP contribution in [0.2, 0.25) is 5.02 Å². The maximum Gasteiger partial charge on any atom is 0.417 e. The SMILES string of the molecule is CN(c1nc(OC[C@@]23CCCN2C[C@H](F)C3)nc2c(Cl)c(Br)c(C(F)(F)F)cc12)[C@@H]1CCN(C(=O)OC(C)(C)C)C1. The smallest absolute Gasteiger partial charge is 0.417 e. The van der Waals surface area contributed by atoms with Crippen LogP contribution in [0.15, 0.2) is 10.5 Å². The molecular formula is C27H33BrClF4N5O3. The van der Waals surface area contributed by atoms with Gasteiger partial charge in [0.2, 0.25) is 0 Å². The number of carbonyl (C=O) groups is 1. The summed E-state index contributed by atoms with van der Waals surface area (Å²) in [6.45, 7) is 7.33. The summed E-state index contributed by atoms with van der Waals surface area (Å²) < 4.78 is 67.3. The van der Waals surface area contributed by atoms with Gasteiger partial charge in [0.05, 0.1) is 26.1 Å². The Bertz CT molecular complexity index is 1340. The fraction of sp³-hybridized carbons (Fsp3) is 0.667. The van der Waals surface area contributed by atoms with Gasteiger partial charge in [-0.2, -0.15) is 23.1 Å². The van der Waals surface area contributed by atoms with Gasteiger partial charge in [0.25, 0.3) is 0 Å². The number of carbonyl (C=O) groups excluding carboxylic acids is 1. The van der Waals surface area contributed by atoms with Crippen molar-refractivity contribution in [2.45, 2.75) is 76.0 Å². The van der Waals surface area contributed by atoms with E-state index in [4.69, 9.17) is 21.1 Å². The number of benzene rings is 1. The molecule has 0 bridgehead atoms. The number of halogens is 6. The third-order valence-corrected chi connectivity index (χ3v) is 9.48. The Kier molecular flexibility index (Phi) is 8.04. The third-order valence-electron chi connectivity index (χ3n) is 8.06. The first-order valence-corrected chi connectivity index (χ1v) is 14.7. The summed E-state index contributed by atoms with van der Waals surface area (Å²) in [5, 5.41) is -0.120. The van der Waals surface area contributed by atoms with E-state index in [0.717, 1.165) is 25.5 Å². The van der Waals surface area contributed by atoms with Gasteiger partial charge in [-0.25, -0.2) is 9.18 Å². The zero-order valence-corrected chi connectivity index (χ0v) is 25.7. The van der Waals surface area contributed by atoms with Gasteiger partial charge >= 0.3 is 18.3 Å². The number of amides is 1. The van der Waals surface area contributed by atoms with E-state index >= 15 is 0 Å². The Morgan fingerprint density at radius 1 is 1.24 bits per heavy atom. The quantitative estimate of drug-likeness (QED) is 0.339. The Balaban J connectivity index is 1.50. The predicted molar refractivity (Wildman–Crippen MR) is 150 cm³/mol. The van der Waals surface area contributed by atoms with Crippen molar-refractivity contribution in [2.24, 2.45) is 0 Å². The van der Waals surface area contributed by atoms with Crippen LogP contribution >= 0.6 is 27.5 Å². The molecule has 3 fully saturated rings. The molecule has 1 aromatic carbocycles. The molecule has 3 saturated heterocycles.